The number of carbonyl (C=O) groups excluding carboxylic acids is 1. The average molecular weight is 440 g/mol. The lowest BCUT2D eigenvalue weighted by Gasteiger charge is -2.32. The minimum atomic E-state index is -3.57. The van der Waals surface area contributed by atoms with E-state index in [0.29, 0.717) is 31.0 Å². The molecule has 1 fully saturated rings. The third kappa shape index (κ3) is 4.52. The van der Waals surface area contributed by atoms with E-state index in [0.717, 1.165) is 18.4 Å². The molecule has 0 spiro atoms. The van der Waals surface area contributed by atoms with Gasteiger partial charge >= 0.3 is 0 Å². The number of likely N-dealkylation sites (tertiary alicyclic amines) is 1. The van der Waals surface area contributed by atoms with Crippen LogP contribution < -0.4 is 4.72 Å². The van der Waals surface area contributed by atoms with Gasteiger partial charge in [0.05, 0.1) is 4.90 Å². The Morgan fingerprint density at radius 2 is 1.81 bits per heavy atom. The summed E-state index contributed by atoms with van der Waals surface area (Å²) in [4.78, 5) is 18.3. The van der Waals surface area contributed by atoms with Gasteiger partial charge in [0, 0.05) is 41.8 Å². The summed E-state index contributed by atoms with van der Waals surface area (Å²) in [6, 6.07) is 14.4. The van der Waals surface area contributed by atoms with Crippen LogP contribution in [0.25, 0.3) is 10.9 Å². The van der Waals surface area contributed by atoms with E-state index in [2.05, 4.69) is 34.1 Å². The zero-order valence-corrected chi connectivity index (χ0v) is 18.8. The molecule has 0 aliphatic carbocycles. The van der Waals surface area contributed by atoms with Gasteiger partial charge in [0.25, 0.3) is 5.91 Å². The smallest absolute Gasteiger partial charge is 0.253 e. The zero-order chi connectivity index (χ0) is 22.0. The summed E-state index contributed by atoms with van der Waals surface area (Å²) in [6.07, 6.45) is 4.64. The monoisotopic (exact) mass is 439 g/mol. The number of carbonyl (C=O) groups is 1. The van der Waals surface area contributed by atoms with Crippen LogP contribution in [-0.2, 0) is 10.0 Å². The van der Waals surface area contributed by atoms with Crippen molar-refractivity contribution in [1.82, 2.24) is 14.6 Å². The van der Waals surface area contributed by atoms with Gasteiger partial charge in [0.1, 0.15) is 0 Å². The van der Waals surface area contributed by atoms with Gasteiger partial charge in [-0.2, -0.15) is 0 Å². The Labute approximate surface area is 183 Å². The van der Waals surface area contributed by atoms with Crippen LogP contribution in [0.3, 0.4) is 0 Å². The summed E-state index contributed by atoms with van der Waals surface area (Å²) < 4.78 is 27.5. The maximum absolute atomic E-state index is 12.9. The van der Waals surface area contributed by atoms with Crippen molar-refractivity contribution in [2.45, 2.75) is 50.0 Å². The van der Waals surface area contributed by atoms with E-state index in [9.17, 15) is 13.2 Å². The molecule has 2 N–H and O–H groups in total. The number of H-pyrrole nitrogens is 1. The first-order valence-electron chi connectivity index (χ1n) is 10.9. The summed E-state index contributed by atoms with van der Waals surface area (Å²) in [7, 11) is -3.57. The number of hydrogen-bond acceptors (Lipinski definition) is 3. The molecule has 0 bridgehead atoms. The highest BCUT2D eigenvalue weighted by molar-refractivity contribution is 7.89. The van der Waals surface area contributed by atoms with Crippen molar-refractivity contribution in [2.75, 3.05) is 13.1 Å². The molecular weight excluding hydrogens is 410 g/mol. The highest BCUT2D eigenvalue weighted by Crippen LogP contribution is 2.33. The van der Waals surface area contributed by atoms with E-state index in [-0.39, 0.29) is 16.8 Å². The number of piperidine rings is 1. The molecular formula is C24H29N3O3S. The van der Waals surface area contributed by atoms with E-state index in [1.165, 1.54) is 23.1 Å². The van der Waals surface area contributed by atoms with Crippen molar-refractivity contribution < 1.29 is 13.2 Å². The van der Waals surface area contributed by atoms with Gasteiger partial charge in [-0.3, -0.25) is 4.79 Å². The van der Waals surface area contributed by atoms with Crippen molar-refractivity contribution in [1.29, 1.82) is 0 Å². The number of aromatic amines is 1. The Hall–Kier alpha value is -2.64. The lowest BCUT2D eigenvalue weighted by atomic mass is 9.89. The van der Waals surface area contributed by atoms with Gasteiger partial charge < -0.3 is 9.88 Å². The normalized spacial score (nSPS) is 16.5. The fourth-order valence-electron chi connectivity index (χ4n) is 4.20. The average Bonchev–Trinajstić information content (AvgIpc) is 3.22. The van der Waals surface area contributed by atoms with E-state index in [4.69, 9.17) is 0 Å². The van der Waals surface area contributed by atoms with Crippen molar-refractivity contribution >= 4 is 26.8 Å². The molecule has 1 aliphatic rings. The minimum absolute atomic E-state index is 0.0452. The largest absolute Gasteiger partial charge is 0.361 e. The predicted octanol–water partition coefficient (Wildman–Crippen LogP) is 4.26. The molecule has 1 saturated heterocycles. The third-order valence-corrected chi connectivity index (χ3v) is 7.83. The molecule has 2 aromatic carbocycles. The summed E-state index contributed by atoms with van der Waals surface area (Å²) in [5, 5.41) is 1.26. The number of amides is 1. The number of hydrogen-bond donors (Lipinski definition) is 2. The third-order valence-electron chi connectivity index (χ3n) is 6.22. The van der Waals surface area contributed by atoms with Gasteiger partial charge in [0.15, 0.2) is 0 Å². The van der Waals surface area contributed by atoms with Crippen molar-refractivity contribution in [3.05, 3.63) is 65.9 Å². The van der Waals surface area contributed by atoms with Crippen LogP contribution in [0.15, 0.2) is 59.6 Å². The molecule has 3 aromatic rings. The first-order chi connectivity index (χ1) is 14.9. The molecule has 6 nitrogen and oxygen atoms in total. The number of fused-ring (bicyclic) bond motifs is 1. The molecule has 1 aromatic heterocycles. The second-order valence-electron chi connectivity index (χ2n) is 8.31. The van der Waals surface area contributed by atoms with Crippen LogP contribution in [0.4, 0.5) is 0 Å². The van der Waals surface area contributed by atoms with Crippen LogP contribution in [-0.4, -0.2) is 43.3 Å². The highest BCUT2D eigenvalue weighted by Gasteiger charge is 2.26. The van der Waals surface area contributed by atoms with Crippen LogP contribution >= 0.6 is 0 Å². The van der Waals surface area contributed by atoms with E-state index >= 15 is 0 Å². The maximum atomic E-state index is 12.9. The molecule has 0 saturated carbocycles. The minimum Gasteiger partial charge on any atom is -0.361 e. The molecule has 1 atom stereocenters. The molecule has 1 unspecified atom stereocenters. The number of sulfonamides is 1. The number of nitrogens with zero attached hydrogens (tertiary/aromatic N) is 1. The van der Waals surface area contributed by atoms with Gasteiger partial charge in [-0.15, -0.1) is 0 Å². The first kappa shape index (κ1) is 21.6. The molecule has 1 amide bonds. The summed E-state index contributed by atoms with van der Waals surface area (Å²) in [5.41, 5.74) is 2.99. The summed E-state index contributed by atoms with van der Waals surface area (Å²) in [5.74, 6) is 0.385. The van der Waals surface area contributed by atoms with E-state index in [1.54, 1.807) is 12.1 Å². The number of rotatable bonds is 6. The SMILES string of the molecule is CCC(C)NS(=O)(=O)c1ccc(C(=O)N2CCC(c3c[nH]c4ccccc34)CC2)cc1. The van der Waals surface area contributed by atoms with Gasteiger partial charge in [-0.1, -0.05) is 25.1 Å². The molecule has 164 valence electrons. The topological polar surface area (TPSA) is 82.3 Å². The Kier molecular flexibility index (Phi) is 6.16. The Bertz CT molecular complexity index is 1160. The molecule has 4 rings (SSSR count). The second-order valence-corrected chi connectivity index (χ2v) is 10.0. The summed E-state index contributed by atoms with van der Waals surface area (Å²) in [6.45, 7) is 5.14. The fourth-order valence-corrected chi connectivity index (χ4v) is 5.53. The molecule has 0 radical (unpaired) electrons. The van der Waals surface area contributed by atoms with Crippen LogP contribution in [0.2, 0.25) is 0 Å². The first-order valence-corrected chi connectivity index (χ1v) is 12.3. The number of para-hydroxylation sites is 1. The van der Waals surface area contributed by atoms with Crippen molar-refractivity contribution in [2.24, 2.45) is 0 Å². The molecule has 1 aliphatic heterocycles. The van der Waals surface area contributed by atoms with Crippen LogP contribution in [0.1, 0.15) is 54.9 Å². The number of nitrogens with one attached hydrogen (secondary N) is 2. The van der Waals surface area contributed by atoms with E-state index < -0.39 is 10.0 Å². The second kappa shape index (κ2) is 8.85. The van der Waals surface area contributed by atoms with Crippen molar-refractivity contribution in [3.63, 3.8) is 0 Å². The van der Waals surface area contributed by atoms with Crippen molar-refractivity contribution in [3.8, 4) is 0 Å². The lowest BCUT2D eigenvalue weighted by molar-refractivity contribution is 0.0713. The Balaban J connectivity index is 1.41. The molecule has 31 heavy (non-hydrogen) atoms. The number of aromatic nitrogens is 1. The standard InChI is InChI=1S/C24H29N3O3S/c1-3-17(2)26-31(29,30)20-10-8-19(9-11-20)24(28)27-14-12-18(13-15-27)22-16-25-23-7-5-4-6-21(22)23/h4-11,16-18,25-26H,3,12-15H2,1-2H3. The Morgan fingerprint density at radius 1 is 1.13 bits per heavy atom. The summed E-state index contributed by atoms with van der Waals surface area (Å²) >= 11 is 0. The fraction of sp³-hybridized carbons (Fsp3) is 0.375. The predicted molar refractivity (Wildman–Crippen MR) is 123 cm³/mol. The maximum Gasteiger partial charge on any atom is 0.253 e. The van der Waals surface area contributed by atoms with Crippen LogP contribution in [0.5, 0.6) is 0 Å². The highest BCUT2D eigenvalue weighted by atomic mass is 32.2. The zero-order valence-electron chi connectivity index (χ0n) is 18.0. The Morgan fingerprint density at radius 3 is 2.48 bits per heavy atom. The quantitative estimate of drug-likeness (QED) is 0.602. The number of benzene rings is 2. The van der Waals surface area contributed by atoms with E-state index in [1.807, 2.05) is 24.8 Å². The lowest BCUT2D eigenvalue weighted by Crippen LogP contribution is -2.38. The van der Waals surface area contributed by atoms with Crippen LogP contribution in [0, 0.1) is 0 Å². The van der Waals surface area contributed by atoms with Gasteiger partial charge in [0.2, 0.25) is 10.0 Å². The molecule has 2 heterocycles. The van der Waals surface area contributed by atoms with Gasteiger partial charge in [-0.25, -0.2) is 13.1 Å². The van der Waals surface area contributed by atoms with Gasteiger partial charge in [-0.05, 0) is 68.0 Å². The molecule has 7 heteroatoms.